The summed E-state index contributed by atoms with van der Waals surface area (Å²) in [6, 6.07) is 12.8. The minimum Gasteiger partial charge on any atom is -0.486 e. The van der Waals surface area contributed by atoms with E-state index in [1.54, 1.807) is 0 Å². The van der Waals surface area contributed by atoms with E-state index in [9.17, 15) is 9.59 Å². The zero-order valence-corrected chi connectivity index (χ0v) is 16.4. The molecule has 0 spiro atoms. The third-order valence-corrected chi connectivity index (χ3v) is 4.64. The molecule has 2 aromatic carbocycles. The first-order chi connectivity index (χ1) is 13.5. The highest BCUT2D eigenvalue weighted by Crippen LogP contribution is 2.38. The molecule has 1 unspecified atom stereocenters. The second kappa shape index (κ2) is 9.46. The molecule has 1 heterocycles. The van der Waals surface area contributed by atoms with Gasteiger partial charge < -0.3 is 20.1 Å². The molecule has 0 fully saturated rings. The maximum absolute atomic E-state index is 12.4. The van der Waals surface area contributed by atoms with Crippen LogP contribution in [0.15, 0.2) is 42.5 Å². The first-order valence-electron chi connectivity index (χ1n) is 9.19. The van der Waals surface area contributed by atoms with Gasteiger partial charge in [0.2, 0.25) is 11.8 Å². The molecule has 3 rings (SSSR count). The van der Waals surface area contributed by atoms with Gasteiger partial charge in [0.1, 0.15) is 13.2 Å². The molecule has 148 valence electrons. The van der Waals surface area contributed by atoms with Crippen LogP contribution >= 0.6 is 11.6 Å². The molecule has 7 heteroatoms. The number of carbonyl (C=O) groups is 2. The number of hydrogen-bond acceptors (Lipinski definition) is 4. The van der Waals surface area contributed by atoms with Crippen LogP contribution in [0.3, 0.4) is 0 Å². The van der Waals surface area contributed by atoms with E-state index in [1.807, 2.05) is 42.5 Å². The number of ether oxygens (including phenoxy) is 2. The molecule has 0 saturated heterocycles. The van der Waals surface area contributed by atoms with Crippen molar-refractivity contribution in [1.29, 1.82) is 0 Å². The summed E-state index contributed by atoms with van der Waals surface area (Å²) in [6.07, 6.45) is 0.781. The second-order valence-corrected chi connectivity index (χ2v) is 6.98. The molecule has 1 atom stereocenters. The van der Waals surface area contributed by atoms with Crippen molar-refractivity contribution in [3.05, 3.63) is 58.6 Å². The molecule has 0 saturated carbocycles. The van der Waals surface area contributed by atoms with Gasteiger partial charge in [-0.1, -0.05) is 41.9 Å². The first kappa shape index (κ1) is 20.0. The Morgan fingerprint density at radius 2 is 1.89 bits per heavy atom. The third-order valence-electron chi connectivity index (χ3n) is 4.36. The van der Waals surface area contributed by atoms with Crippen LogP contribution in [0.1, 0.15) is 30.5 Å². The van der Waals surface area contributed by atoms with Gasteiger partial charge in [-0.15, -0.1) is 0 Å². The van der Waals surface area contributed by atoms with Crippen LogP contribution in [0.4, 0.5) is 0 Å². The van der Waals surface area contributed by atoms with E-state index in [2.05, 4.69) is 10.6 Å². The fourth-order valence-electron chi connectivity index (χ4n) is 3.10. The molecular formula is C21H23ClN2O4. The lowest BCUT2D eigenvalue weighted by Crippen LogP contribution is -2.33. The Bertz CT molecular complexity index is 842. The molecule has 6 nitrogen and oxygen atoms in total. The van der Waals surface area contributed by atoms with Crippen LogP contribution in [0.25, 0.3) is 0 Å². The van der Waals surface area contributed by atoms with Crippen molar-refractivity contribution in [2.45, 2.75) is 25.8 Å². The van der Waals surface area contributed by atoms with Crippen molar-refractivity contribution in [2.75, 3.05) is 19.8 Å². The number of nitrogens with one attached hydrogen (secondary N) is 2. The monoisotopic (exact) mass is 402 g/mol. The van der Waals surface area contributed by atoms with E-state index in [0.717, 1.165) is 11.1 Å². The molecule has 0 aliphatic carbocycles. The van der Waals surface area contributed by atoms with E-state index in [4.69, 9.17) is 21.1 Å². The van der Waals surface area contributed by atoms with Gasteiger partial charge in [0.15, 0.2) is 11.5 Å². The minimum absolute atomic E-state index is 0.133. The molecule has 0 radical (unpaired) electrons. The number of benzene rings is 2. The highest BCUT2D eigenvalue weighted by Gasteiger charge is 2.18. The fraction of sp³-hybridized carbons (Fsp3) is 0.333. The summed E-state index contributed by atoms with van der Waals surface area (Å²) in [6.45, 7) is 2.88. The van der Waals surface area contributed by atoms with E-state index >= 15 is 0 Å². The Balaban J connectivity index is 1.55. The Kier molecular flexibility index (Phi) is 6.76. The van der Waals surface area contributed by atoms with Crippen LogP contribution in [-0.2, 0) is 16.0 Å². The summed E-state index contributed by atoms with van der Waals surface area (Å²) >= 11 is 6.24. The number of halogens is 1. The third kappa shape index (κ3) is 5.39. The minimum atomic E-state index is -0.359. The van der Waals surface area contributed by atoms with Crippen LogP contribution in [0, 0.1) is 0 Å². The first-order valence-corrected chi connectivity index (χ1v) is 9.57. The quantitative estimate of drug-likeness (QED) is 0.746. The van der Waals surface area contributed by atoms with Gasteiger partial charge in [-0.05, 0) is 29.7 Å². The highest BCUT2D eigenvalue weighted by atomic mass is 35.5. The van der Waals surface area contributed by atoms with Gasteiger partial charge in [0, 0.05) is 13.5 Å². The van der Waals surface area contributed by atoms with Crippen molar-refractivity contribution in [2.24, 2.45) is 0 Å². The molecule has 2 N–H and O–H groups in total. The highest BCUT2D eigenvalue weighted by molar-refractivity contribution is 6.32. The van der Waals surface area contributed by atoms with E-state index in [0.29, 0.717) is 42.7 Å². The van der Waals surface area contributed by atoms with Crippen LogP contribution in [-0.4, -0.2) is 31.6 Å². The number of rotatable bonds is 7. The summed E-state index contributed by atoms with van der Waals surface area (Å²) < 4.78 is 11.1. The lowest BCUT2D eigenvalue weighted by Gasteiger charge is -2.20. The van der Waals surface area contributed by atoms with Gasteiger partial charge >= 0.3 is 0 Å². The summed E-state index contributed by atoms with van der Waals surface area (Å²) in [5, 5.41) is 6.24. The normalized spacial score (nSPS) is 13.5. The van der Waals surface area contributed by atoms with Crippen LogP contribution in [0.2, 0.25) is 5.02 Å². The molecule has 28 heavy (non-hydrogen) atoms. The van der Waals surface area contributed by atoms with Crippen LogP contribution in [0.5, 0.6) is 11.5 Å². The molecule has 1 aliphatic rings. The Labute approximate surface area is 169 Å². The molecule has 0 aromatic heterocycles. The summed E-state index contributed by atoms with van der Waals surface area (Å²) in [7, 11) is 0. The molecular weight excluding hydrogens is 380 g/mol. The van der Waals surface area contributed by atoms with Gasteiger partial charge in [0.05, 0.1) is 17.5 Å². The topological polar surface area (TPSA) is 76.7 Å². The SMILES string of the molecule is CC(=O)NC(CC(=O)NCCc1cc(Cl)c2c(c1)OCCO2)c1ccccc1. The largest absolute Gasteiger partial charge is 0.486 e. The summed E-state index contributed by atoms with van der Waals surface area (Å²) in [5.74, 6) is 0.899. The van der Waals surface area contributed by atoms with E-state index < -0.39 is 0 Å². The maximum atomic E-state index is 12.4. The van der Waals surface area contributed by atoms with Crippen molar-refractivity contribution in [1.82, 2.24) is 10.6 Å². The Hall–Kier alpha value is -2.73. The average molecular weight is 403 g/mol. The van der Waals surface area contributed by atoms with Crippen molar-refractivity contribution in [3.63, 3.8) is 0 Å². The standard InChI is InChI=1S/C21H23ClN2O4/c1-14(25)24-18(16-5-3-2-4-6-16)13-20(26)23-8-7-15-11-17(22)21-19(12-15)27-9-10-28-21/h2-6,11-12,18H,7-10,13H2,1H3,(H,23,26)(H,24,25). The Morgan fingerprint density at radius 1 is 1.14 bits per heavy atom. The number of fused-ring (bicyclic) bond motifs is 1. The number of hydrogen-bond donors (Lipinski definition) is 2. The van der Waals surface area contributed by atoms with Crippen LogP contribution < -0.4 is 20.1 Å². The van der Waals surface area contributed by atoms with E-state index in [1.165, 1.54) is 6.92 Å². The van der Waals surface area contributed by atoms with Gasteiger partial charge in [-0.25, -0.2) is 0 Å². The lowest BCUT2D eigenvalue weighted by molar-refractivity contribution is -0.122. The van der Waals surface area contributed by atoms with Crippen molar-refractivity contribution >= 4 is 23.4 Å². The smallest absolute Gasteiger partial charge is 0.222 e. The second-order valence-electron chi connectivity index (χ2n) is 6.57. The average Bonchev–Trinajstić information content (AvgIpc) is 2.68. The zero-order valence-electron chi connectivity index (χ0n) is 15.7. The number of amides is 2. The van der Waals surface area contributed by atoms with Gasteiger partial charge in [0.25, 0.3) is 0 Å². The molecule has 2 aromatic rings. The molecule has 1 aliphatic heterocycles. The lowest BCUT2D eigenvalue weighted by atomic mass is 10.0. The Morgan fingerprint density at radius 3 is 2.64 bits per heavy atom. The fourth-order valence-corrected chi connectivity index (χ4v) is 3.38. The maximum Gasteiger partial charge on any atom is 0.222 e. The van der Waals surface area contributed by atoms with Crippen molar-refractivity contribution < 1.29 is 19.1 Å². The zero-order chi connectivity index (χ0) is 19.9. The predicted molar refractivity (Wildman–Crippen MR) is 107 cm³/mol. The van der Waals surface area contributed by atoms with E-state index in [-0.39, 0.29) is 24.3 Å². The summed E-state index contributed by atoms with van der Waals surface area (Å²) in [4.78, 5) is 23.8. The van der Waals surface area contributed by atoms with Gasteiger partial charge in [-0.2, -0.15) is 0 Å². The predicted octanol–water partition coefficient (Wildman–Crippen LogP) is 3.04. The molecule has 0 bridgehead atoms. The van der Waals surface area contributed by atoms with Gasteiger partial charge in [-0.3, -0.25) is 9.59 Å². The number of carbonyl (C=O) groups excluding carboxylic acids is 2. The molecule has 2 amide bonds. The van der Waals surface area contributed by atoms with Crippen molar-refractivity contribution in [3.8, 4) is 11.5 Å². The summed E-state index contributed by atoms with van der Waals surface area (Å²) in [5.41, 5.74) is 1.85.